The summed E-state index contributed by atoms with van der Waals surface area (Å²) in [4.78, 5) is 12.3. The molecule has 1 heterocycles. The number of nitrogens with zero attached hydrogens (tertiary/aromatic N) is 2. The Kier molecular flexibility index (Phi) is 5.62. The van der Waals surface area contributed by atoms with E-state index in [-0.39, 0.29) is 11.6 Å². The summed E-state index contributed by atoms with van der Waals surface area (Å²) in [7, 11) is 0. The molecule has 1 atom stereocenters. The molecule has 3 rings (SSSR count). The van der Waals surface area contributed by atoms with E-state index in [0.717, 1.165) is 5.69 Å². The Labute approximate surface area is 157 Å². The number of rotatable bonds is 5. The number of benzene rings is 2. The number of carbonyl (C=O) groups excluding carboxylic acids is 1. The van der Waals surface area contributed by atoms with E-state index in [9.17, 15) is 9.18 Å². The number of anilines is 1. The van der Waals surface area contributed by atoms with E-state index < -0.39 is 11.1 Å². The van der Waals surface area contributed by atoms with Crippen molar-refractivity contribution in [1.82, 2.24) is 9.78 Å². The van der Waals surface area contributed by atoms with Crippen molar-refractivity contribution in [3.8, 4) is 5.69 Å². The summed E-state index contributed by atoms with van der Waals surface area (Å²) in [6, 6.07) is 15.7. The Bertz CT molecular complexity index is 940. The quantitative estimate of drug-likeness (QED) is 0.495. The number of hydrogen-bond donors (Lipinski definition) is 1. The lowest BCUT2D eigenvalue weighted by Crippen LogP contribution is -2.22. The highest BCUT2D eigenvalue weighted by atomic mass is 32.2. The first kappa shape index (κ1) is 17.8. The van der Waals surface area contributed by atoms with Gasteiger partial charge >= 0.3 is 0 Å². The van der Waals surface area contributed by atoms with Crippen molar-refractivity contribution in [2.24, 2.45) is 0 Å². The lowest BCUT2D eigenvalue weighted by atomic mass is 10.3. The van der Waals surface area contributed by atoms with Gasteiger partial charge in [0.25, 0.3) is 0 Å². The molecule has 8 heteroatoms. The van der Waals surface area contributed by atoms with Gasteiger partial charge in [-0.3, -0.25) is 4.79 Å². The minimum atomic E-state index is -0.461. The maximum absolute atomic E-state index is 13.6. The Morgan fingerprint density at radius 1 is 1.24 bits per heavy atom. The molecule has 3 aromatic rings. The van der Waals surface area contributed by atoms with Crippen LogP contribution >= 0.6 is 35.3 Å². The zero-order chi connectivity index (χ0) is 17.8. The van der Waals surface area contributed by atoms with E-state index in [2.05, 4.69) is 10.4 Å². The Morgan fingerprint density at radius 2 is 1.92 bits per heavy atom. The molecule has 0 unspecified atom stereocenters. The zero-order valence-electron chi connectivity index (χ0n) is 13.2. The minimum absolute atomic E-state index is 0.169. The third-order valence-corrected chi connectivity index (χ3v) is 5.72. The fourth-order valence-electron chi connectivity index (χ4n) is 2.04. The Morgan fingerprint density at radius 3 is 2.64 bits per heavy atom. The summed E-state index contributed by atoms with van der Waals surface area (Å²) in [6.45, 7) is 1.75. The first-order valence-electron chi connectivity index (χ1n) is 7.42. The molecule has 4 nitrogen and oxygen atoms in total. The monoisotopic (exact) mass is 391 g/mol. The molecule has 1 N–H and O–H groups in total. The number of thioether (sulfide) groups is 1. The van der Waals surface area contributed by atoms with E-state index in [0.29, 0.717) is 8.29 Å². The van der Waals surface area contributed by atoms with E-state index in [1.807, 2.05) is 30.3 Å². The van der Waals surface area contributed by atoms with Gasteiger partial charge in [-0.2, -0.15) is 0 Å². The normalized spacial score (nSPS) is 11.9. The van der Waals surface area contributed by atoms with Crippen LogP contribution in [0.2, 0.25) is 0 Å². The minimum Gasteiger partial charge on any atom is -0.323 e. The first-order chi connectivity index (χ1) is 12.0. The molecule has 0 saturated heterocycles. The molecule has 0 saturated carbocycles. The second-order valence-corrected chi connectivity index (χ2v) is 8.32. The third kappa shape index (κ3) is 4.33. The molecule has 1 aromatic heterocycles. The molecule has 0 aliphatic carbocycles. The summed E-state index contributed by atoms with van der Waals surface area (Å²) in [5.41, 5.74) is 1.04. The van der Waals surface area contributed by atoms with Crippen LogP contribution in [0.3, 0.4) is 0 Å². The highest BCUT2D eigenvalue weighted by molar-refractivity contribution is 8.02. The summed E-state index contributed by atoms with van der Waals surface area (Å²) in [6.07, 6.45) is 0. The predicted octanol–water partition coefficient (Wildman–Crippen LogP) is 4.92. The van der Waals surface area contributed by atoms with Gasteiger partial charge in [0.15, 0.2) is 8.29 Å². The highest BCUT2D eigenvalue weighted by Gasteiger charge is 2.18. The molecule has 128 valence electrons. The summed E-state index contributed by atoms with van der Waals surface area (Å²) in [5.74, 6) is -0.750. The highest BCUT2D eigenvalue weighted by Crippen LogP contribution is 2.28. The van der Waals surface area contributed by atoms with Crippen LogP contribution in [0.1, 0.15) is 6.92 Å². The van der Waals surface area contributed by atoms with Crippen LogP contribution in [0.5, 0.6) is 0 Å². The van der Waals surface area contributed by atoms with Crippen LogP contribution in [0.4, 0.5) is 10.1 Å². The molecular formula is C17H14FN3OS3. The van der Waals surface area contributed by atoms with Crippen molar-refractivity contribution in [3.05, 3.63) is 64.4 Å². The van der Waals surface area contributed by atoms with Gasteiger partial charge in [-0.15, -0.1) is 5.10 Å². The van der Waals surface area contributed by atoms with Gasteiger partial charge in [0.2, 0.25) is 5.91 Å². The van der Waals surface area contributed by atoms with Crippen LogP contribution in [0.25, 0.3) is 5.69 Å². The van der Waals surface area contributed by atoms with E-state index in [1.165, 1.54) is 35.2 Å². The third-order valence-electron chi connectivity index (χ3n) is 3.31. The van der Waals surface area contributed by atoms with Crippen molar-refractivity contribution >= 4 is 46.9 Å². The number of amides is 1. The molecule has 0 spiro atoms. The summed E-state index contributed by atoms with van der Waals surface area (Å²) >= 11 is 7.98. The fourth-order valence-corrected chi connectivity index (χ4v) is 4.55. The lowest BCUT2D eigenvalue weighted by molar-refractivity contribution is -0.115. The van der Waals surface area contributed by atoms with Gasteiger partial charge in [0.05, 0.1) is 16.6 Å². The molecule has 0 radical (unpaired) electrons. The molecule has 25 heavy (non-hydrogen) atoms. The number of halogens is 1. The molecule has 0 fully saturated rings. The van der Waals surface area contributed by atoms with Gasteiger partial charge in [-0.25, -0.2) is 9.07 Å². The van der Waals surface area contributed by atoms with Gasteiger partial charge < -0.3 is 5.32 Å². The fraction of sp³-hybridized carbons (Fsp3) is 0.118. The Balaban J connectivity index is 1.71. The standard InChI is InChI=1S/C17H14FN3OS3/c1-11(15(22)19-14-10-6-5-9-13(14)18)24-16-20-21(17(23)25-16)12-7-3-2-4-8-12/h2-11H,1H3,(H,19,22)/t11-/m1/s1. The maximum atomic E-state index is 13.6. The van der Waals surface area contributed by atoms with E-state index in [1.54, 1.807) is 23.7 Å². The van der Waals surface area contributed by atoms with Crippen molar-refractivity contribution < 1.29 is 9.18 Å². The zero-order valence-corrected chi connectivity index (χ0v) is 15.6. The molecule has 0 aliphatic heterocycles. The lowest BCUT2D eigenvalue weighted by Gasteiger charge is -2.10. The van der Waals surface area contributed by atoms with Crippen LogP contribution in [-0.2, 0) is 4.79 Å². The smallest absolute Gasteiger partial charge is 0.237 e. The summed E-state index contributed by atoms with van der Waals surface area (Å²) < 4.78 is 16.6. The van der Waals surface area contributed by atoms with Crippen molar-refractivity contribution in [1.29, 1.82) is 0 Å². The van der Waals surface area contributed by atoms with E-state index in [4.69, 9.17) is 12.2 Å². The number of aromatic nitrogens is 2. The van der Waals surface area contributed by atoms with Crippen LogP contribution in [-0.4, -0.2) is 20.9 Å². The van der Waals surface area contributed by atoms with Gasteiger partial charge in [0.1, 0.15) is 5.82 Å². The molecule has 2 aromatic carbocycles. The second-order valence-electron chi connectivity index (χ2n) is 5.11. The molecule has 0 bridgehead atoms. The average molecular weight is 392 g/mol. The second kappa shape index (κ2) is 7.90. The predicted molar refractivity (Wildman–Crippen MR) is 103 cm³/mol. The van der Waals surface area contributed by atoms with Crippen LogP contribution in [0.15, 0.2) is 58.9 Å². The topological polar surface area (TPSA) is 46.9 Å². The summed E-state index contributed by atoms with van der Waals surface area (Å²) in [5, 5.41) is 6.62. The van der Waals surface area contributed by atoms with Gasteiger partial charge in [0, 0.05) is 0 Å². The SMILES string of the molecule is C[C@@H](Sc1nn(-c2ccccc2)c(=S)s1)C(=O)Nc1ccccc1F. The maximum Gasteiger partial charge on any atom is 0.237 e. The van der Waals surface area contributed by atoms with Crippen molar-refractivity contribution in [2.75, 3.05) is 5.32 Å². The van der Waals surface area contributed by atoms with Crippen LogP contribution in [0, 0.1) is 9.77 Å². The van der Waals surface area contributed by atoms with Gasteiger partial charge in [-0.1, -0.05) is 53.4 Å². The largest absolute Gasteiger partial charge is 0.323 e. The molecule has 0 aliphatic rings. The number of carbonyl (C=O) groups is 1. The van der Waals surface area contributed by atoms with Gasteiger partial charge in [-0.05, 0) is 43.4 Å². The van der Waals surface area contributed by atoms with Crippen molar-refractivity contribution in [2.45, 2.75) is 16.5 Å². The van der Waals surface area contributed by atoms with Crippen LogP contribution < -0.4 is 5.32 Å². The number of nitrogens with one attached hydrogen (secondary N) is 1. The molecular weight excluding hydrogens is 377 g/mol. The van der Waals surface area contributed by atoms with Crippen molar-refractivity contribution in [3.63, 3.8) is 0 Å². The number of hydrogen-bond acceptors (Lipinski definition) is 5. The number of para-hydroxylation sites is 2. The average Bonchev–Trinajstić information content (AvgIpc) is 2.98. The van der Waals surface area contributed by atoms with E-state index >= 15 is 0 Å². The molecule has 1 amide bonds. The Hall–Kier alpha value is -2.03. The first-order valence-corrected chi connectivity index (χ1v) is 9.52.